The Bertz CT molecular complexity index is 595. The molecule has 0 fully saturated rings. The first kappa shape index (κ1) is 16.6. The normalized spacial score (nSPS) is 14.0. The van der Waals surface area contributed by atoms with Gasteiger partial charge in [-0.25, -0.2) is 8.78 Å². The average molecular weight is 309 g/mol. The maximum absolute atomic E-state index is 13.8. The number of benzene rings is 1. The third-order valence-electron chi connectivity index (χ3n) is 3.90. The lowest BCUT2D eigenvalue weighted by atomic mass is 10.0. The van der Waals surface area contributed by atoms with Crippen molar-refractivity contribution in [3.63, 3.8) is 0 Å². The molecule has 0 bridgehead atoms. The van der Waals surface area contributed by atoms with E-state index < -0.39 is 17.7 Å². The maximum atomic E-state index is 13.8. The zero-order chi connectivity index (χ0) is 16.1. The van der Waals surface area contributed by atoms with Crippen molar-refractivity contribution in [3.8, 4) is 11.3 Å². The fraction of sp³-hybridized carbons (Fsp3) is 0.438. The van der Waals surface area contributed by atoms with Crippen LogP contribution in [0.15, 0.2) is 24.4 Å². The molecule has 0 aliphatic carbocycles. The number of aromatic amines is 1. The number of aliphatic hydroxyl groups is 1. The second-order valence-corrected chi connectivity index (χ2v) is 5.45. The quantitative estimate of drug-likeness (QED) is 0.737. The van der Waals surface area contributed by atoms with Crippen LogP contribution in [0.1, 0.15) is 25.8 Å². The second kappa shape index (κ2) is 7.47. The van der Waals surface area contributed by atoms with E-state index in [1.165, 1.54) is 24.4 Å². The van der Waals surface area contributed by atoms with E-state index in [0.717, 1.165) is 6.42 Å². The number of nitrogens with one attached hydrogen (secondary N) is 2. The lowest BCUT2D eigenvalue weighted by molar-refractivity contribution is 0.113. The van der Waals surface area contributed by atoms with Gasteiger partial charge in [0.1, 0.15) is 11.6 Å². The molecule has 0 saturated carbocycles. The zero-order valence-electron chi connectivity index (χ0n) is 12.7. The van der Waals surface area contributed by atoms with Gasteiger partial charge in [-0.1, -0.05) is 26.3 Å². The summed E-state index contributed by atoms with van der Waals surface area (Å²) in [6, 6.07) is 3.75. The van der Waals surface area contributed by atoms with Crippen molar-refractivity contribution in [3.05, 3.63) is 41.6 Å². The first-order chi connectivity index (χ1) is 10.5. The molecule has 0 aliphatic rings. The van der Waals surface area contributed by atoms with Crippen LogP contribution in [0.3, 0.4) is 0 Å². The van der Waals surface area contributed by atoms with Crippen LogP contribution in [-0.4, -0.2) is 28.0 Å². The number of aromatic nitrogens is 2. The molecule has 0 amide bonds. The van der Waals surface area contributed by atoms with Crippen molar-refractivity contribution in [2.24, 2.45) is 5.92 Å². The van der Waals surface area contributed by atoms with Crippen LogP contribution in [0.25, 0.3) is 11.3 Å². The Labute approximate surface area is 128 Å². The van der Waals surface area contributed by atoms with E-state index in [1.54, 1.807) is 0 Å². The van der Waals surface area contributed by atoms with Crippen molar-refractivity contribution in [2.75, 3.05) is 6.54 Å². The molecule has 2 rings (SSSR count). The van der Waals surface area contributed by atoms with Crippen LogP contribution < -0.4 is 5.32 Å². The molecular weight excluding hydrogens is 288 g/mol. The van der Waals surface area contributed by atoms with Crippen LogP contribution in [0, 0.1) is 17.6 Å². The molecule has 3 N–H and O–H groups in total. The molecule has 2 atom stereocenters. The summed E-state index contributed by atoms with van der Waals surface area (Å²) in [6.45, 7) is 4.78. The first-order valence-corrected chi connectivity index (χ1v) is 7.40. The smallest absolute Gasteiger partial charge is 0.135 e. The van der Waals surface area contributed by atoms with Gasteiger partial charge >= 0.3 is 0 Å². The summed E-state index contributed by atoms with van der Waals surface area (Å²) in [7, 11) is 0. The summed E-state index contributed by atoms with van der Waals surface area (Å²) >= 11 is 0. The predicted octanol–water partition coefficient (Wildman–Crippen LogP) is 2.85. The minimum absolute atomic E-state index is 0.112. The van der Waals surface area contributed by atoms with Gasteiger partial charge in [0.15, 0.2) is 0 Å². The highest BCUT2D eigenvalue weighted by Gasteiger charge is 2.17. The van der Waals surface area contributed by atoms with Crippen LogP contribution in [0.4, 0.5) is 8.78 Å². The Morgan fingerprint density at radius 1 is 1.32 bits per heavy atom. The summed E-state index contributed by atoms with van der Waals surface area (Å²) < 4.78 is 27.7. The molecule has 0 spiro atoms. The van der Waals surface area contributed by atoms with E-state index in [0.29, 0.717) is 24.3 Å². The Morgan fingerprint density at radius 2 is 2.00 bits per heavy atom. The van der Waals surface area contributed by atoms with E-state index in [9.17, 15) is 13.9 Å². The van der Waals surface area contributed by atoms with E-state index >= 15 is 0 Å². The number of halogens is 2. The maximum Gasteiger partial charge on any atom is 0.135 e. The van der Waals surface area contributed by atoms with Gasteiger partial charge < -0.3 is 10.4 Å². The summed E-state index contributed by atoms with van der Waals surface area (Å²) in [5.74, 6) is -1.07. The van der Waals surface area contributed by atoms with Crippen LogP contribution in [-0.2, 0) is 6.54 Å². The van der Waals surface area contributed by atoms with Gasteiger partial charge in [0.2, 0.25) is 0 Å². The summed E-state index contributed by atoms with van der Waals surface area (Å²) in [6.07, 6.45) is 1.97. The van der Waals surface area contributed by atoms with Gasteiger partial charge in [0.25, 0.3) is 0 Å². The van der Waals surface area contributed by atoms with E-state index in [1.807, 2.05) is 13.8 Å². The molecule has 1 aromatic heterocycles. The van der Waals surface area contributed by atoms with E-state index in [4.69, 9.17) is 0 Å². The lowest BCUT2D eigenvalue weighted by Crippen LogP contribution is -2.31. The number of rotatable bonds is 7. The van der Waals surface area contributed by atoms with Crippen molar-refractivity contribution in [1.29, 1.82) is 0 Å². The summed E-state index contributed by atoms with van der Waals surface area (Å²) in [5.41, 5.74) is 0.862. The highest BCUT2D eigenvalue weighted by atomic mass is 19.1. The average Bonchev–Trinajstić information content (AvgIpc) is 2.94. The monoisotopic (exact) mass is 309 g/mol. The SMILES string of the molecule is CCC(C)C(O)CNCc1cn[nH]c1-c1c(F)cccc1F. The fourth-order valence-corrected chi connectivity index (χ4v) is 2.23. The van der Waals surface area contributed by atoms with Crippen LogP contribution in [0.5, 0.6) is 0 Å². The molecule has 22 heavy (non-hydrogen) atoms. The zero-order valence-corrected chi connectivity index (χ0v) is 12.7. The minimum atomic E-state index is -0.634. The Balaban J connectivity index is 2.08. The number of aliphatic hydroxyl groups excluding tert-OH is 1. The van der Waals surface area contributed by atoms with Crippen molar-refractivity contribution in [2.45, 2.75) is 32.9 Å². The highest BCUT2D eigenvalue weighted by Crippen LogP contribution is 2.26. The first-order valence-electron chi connectivity index (χ1n) is 7.40. The molecule has 1 heterocycles. The highest BCUT2D eigenvalue weighted by molar-refractivity contribution is 5.64. The van der Waals surface area contributed by atoms with Gasteiger partial charge in [-0.15, -0.1) is 0 Å². The van der Waals surface area contributed by atoms with Gasteiger partial charge in [0.05, 0.1) is 23.6 Å². The Morgan fingerprint density at radius 3 is 2.64 bits per heavy atom. The molecule has 120 valence electrons. The number of hydrogen-bond acceptors (Lipinski definition) is 3. The third-order valence-corrected chi connectivity index (χ3v) is 3.90. The molecule has 1 aromatic carbocycles. The largest absolute Gasteiger partial charge is 0.392 e. The molecule has 2 aromatic rings. The van der Waals surface area contributed by atoms with Gasteiger partial charge in [-0.05, 0) is 18.1 Å². The van der Waals surface area contributed by atoms with E-state index in [2.05, 4.69) is 15.5 Å². The molecular formula is C16H21F2N3O. The van der Waals surface area contributed by atoms with Gasteiger partial charge in [-0.3, -0.25) is 5.10 Å². The second-order valence-electron chi connectivity index (χ2n) is 5.45. The van der Waals surface area contributed by atoms with E-state index in [-0.39, 0.29) is 11.5 Å². The van der Waals surface area contributed by atoms with Crippen molar-refractivity contribution in [1.82, 2.24) is 15.5 Å². The van der Waals surface area contributed by atoms with Crippen LogP contribution >= 0.6 is 0 Å². The Hall–Kier alpha value is -1.79. The summed E-state index contributed by atoms with van der Waals surface area (Å²) in [4.78, 5) is 0. The minimum Gasteiger partial charge on any atom is -0.392 e. The predicted molar refractivity (Wildman–Crippen MR) is 81.1 cm³/mol. The molecule has 6 heteroatoms. The molecule has 0 aliphatic heterocycles. The standard InChI is InChI=1S/C16H21F2N3O/c1-3-10(2)14(22)9-19-7-11-8-20-21-16(11)15-12(17)5-4-6-13(15)18/h4-6,8,10,14,19,22H,3,7,9H2,1-2H3,(H,20,21). The fourth-order valence-electron chi connectivity index (χ4n) is 2.23. The third kappa shape index (κ3) is 3.69. The molecule has 0 radical (unpaired) electrons. The summed E-state index contributed by atoms with van der Waals surface area (Å²) in [5, 5.41) is 19.5. The Kier molecular flexibility index (Phi) is 5.63. The molecule has 4 nitrogen and oxygen atoms in total. The van der Waals surface area contributed by atoms with Crippen molar-refractivity contribution < 1.29 is 13.9 Å². The lowest BCUT2D eigenvalue weighted by Gasteiger charge is -2.17. The van der Waals surface area contributed by atoms with Crippen LogP contribution in [0.2, 0.25) is 0 Å². The topological polar surface area (TPSA) is 60.9 Å². The molecule has 0 saturated heterocycles. The van der Waals surface area contributed by atoms with Gasteiger partial charge in [0, 0.05) is 18.7 Å². The number of nitrogens with zero attached hydrogens (tertiary/aromatic N) is 1. The van der Waals surface area contributed by atoms with Crippen molar-refractivity contribution >= 4 is 0 Å². The molecule has 2 unspecified atom stereocenters. The van der Waals surface area contributed by atoms with Gasteiger partial charge in [-0.2, -0.15) is 5.10 Å². The number of hydrogen-bond donors (Lipinski definition) is 3. The number of H-pyrrole nitrogens is 1.